The van der Waals surface area contributed by atoms with Gasteiger partial charge in [0.1, 0.15) is 0 Å². The first kappa shape index (κ1) is 14.5. The van der Waals surface area contributed by atoms with Crippen molar-refractivity contribution in [2.24, 2.45) is 11.3 Å². The molecule has 1 aliphatic carbocycles. The van der Waals surface area contributed by atoms with E-state index in [0.29, 0.717) is 11.3 Å². The number of carbonyl (C=O) groups is 1. The molecule has 0 spiro atoms. The Bertz CT molecular complexity index is 247. The molecular weight excluding hydrogens is 212 g/mol. The Balaban J connectivity index is 2.13. The van der Waals surface area contributed by atoms with E-state index in [1.165, 1.54) is 19.3 Å². The fourth-order valence-electron chi connectivity index (χ4n) is 2.09. The standard InChI is InChI=1S/C14H28N2O/c1-11(2)6-9-15-13(17)12(3)16-10-14(4)7-5-8-14/h11-12,16H,5-10H2,1-4H3,(H,15,17). The van der Waals surface area contributed by atoms with Gasteiger partial charge in [-0.3, -0.25) is 4.79 Å². The Morgan fingerprint density at radius 3 is 2.41 bits per heavy atom. The molecule has 1 amide bonds. The molecule has 2 N–H and O–H groups in total. The minimum absolute atomic E-state index is 0.0698. The fourth-order valence-corrected chi connectivity index (χ4v) is 2.09. The van der Waals surface area contributed by atoms with E-state index in [0.717, 1.165) is 19.5 Å². The Hall–Kier alpha value is -0.570. The molecule has 0 aromatic heterocycles. The van der Waals surface area contributed by atoms with Gasteiger partial charge in [0.25, 0.3) is 0 Å². The Morgan fingerprint density at radius 1 is 1.29 bits per heavy atom. The highest BCUT2D eigenvalue weighted by Gasteiger charge is 2.32. The Morgan fingerprint density at radius 2 is 1.94 bits per heavy atom. The highest BCUT2D eigenvalue weighted by molar-refractivity contribution is 5.81. The third kappa shape index (κ3) is 5.07. The largest absolute Gasteiger partial charge is 0.355 e. The van der Waals surface area contributed by atoms with E-state index >= 15 is 0 Å². The van der Waals surface area contributed by atoms with Crippen molar-refractivity contribution in [3.63, 3.8) is 0 Å². The van der Waals surface area contributed by atoms with Crippen LogP contribution in [0.5, 0.6) is 0 Å². The van der Waals surface area contributed by atoms with Gasteiger partial charge in [0.05, 0.1) is 6.04 Å². The molecule has 0 aliphatic heterocycles. The molecule has 0 heterocycles. The lowest BCUT2D eigenvalue weighted by Crippen LogP contribution is -2.47. The summed E-state index contributed by atoms with van der Waals surface area (Å²) in [6.45, 7) is 10.3. The van der Waals surface area contributed by atoms with Crippen LogP contribution in [0, 0.1) is 11.3 Å². The smallest absolute Gasteiger partial charge is 0.236 e. The van der Waals surface area contributed by atoms with Crippen LogP contribution in [0.15, 0.2) is 0 Å². The van der Waals surface area contributed by atoms with Crippen LogP contribution >= 0.6 is 0 Å². The van der Waals surface area contributed by atoms with E-state index in [9.17, 15) is 4.79 Å². The topological polar surface area (TPSA) is 41.1 Å². The summed E-state index contributed by atoms with van der Waals surface area (Å²) >= 11 is 0. The molecular formula is C14H28N2O. The molecule has 0 radical (unpaired) electrons. The first-order valence-electron chi connectivity index (χ1n) is 6.94. The van der Waals surface area contributed by atoms with Crippen molar-refractivity contribution in [2.45, 2.75) is 59.4 Å². The van der Waals surface area contributed by atoms with Gasteiger partial charge in [0.15, 0.2) is 0 Å². The third-order valence-corrected chi connectivity index (χ3v) is 3.81. The predicted molar refractivity (Wildman–Crippen MR) is 71.9 cm³/mol. The van der Waals surface area contributed by atoms with E-state index in [1.807, 2.05) is 6.92 Å². The lowest BCUT2D eigenvalue weighted by atomic mass is 9.70. The summed E-state index contributed by atoms with van der Waals surface area (Å²) in [5, 5.41) is 6.34. The molecule has 0 saturated heterocycles. The molecule has 1 unspecified atom stereocenters. The third-order valence-electron chi connectivity index (χ3n) is 3.81. The minimum atomic E-state index is -0.0698. The molecule has 1 aliphatic rings. The maximum Gasteiger partial charge on any atom is 0.236 e. The van der Waals surface area contributed by atoms with Gasteiger partial charge in [-0.05, 0) is 37.5 Å². The zero-order valence-corrected chi connectivity index (χ0v) is 11.8. The summed E-state index contributed by atoms with van der Waals surface area (Å²) in [5.74, 6) is 0.779. The molecule has 1 saturated carbocycles. The number of rotatable bonds is 7. The molecule has 1 fully saturated rings. The van der Waals surface area contributed by atoms with E-state index in [1.54, 1.807) is 0 Å². The van der Waals surface area contributed by atoms with Crippen LogP contribution in [0.1, 0.15) is 53.4 Å². The van der Waals surface area contributed by atoms with Gasteiger partial charge in [-0.2, -0.15) is 0 Å². The van der Waals surface area contributed by atoms with Crippen molar-refractivity contribution in [1.29, 1.82) is 0 Å². The first-order chi connectivity index (χ1) is 7.93. The van der Waals surface area contributed by atoms with Crippen molar-refractivity contribution in [3.8, 4) is 0 Å². The van der Waals surface area contributed by atoms with Crippen molar-refractivity contribution < 1.29 is 4.79 Å². The molecule has 17 heavy (non-hydrogen) atoms. The van der Waals surface area contributed by atoms with Gasteiger partial charge >= 0.3 is 0 Å². The summed E-state index contributed by atoms with van der Waals surface area (Å²) < 4.78 is 0. The number of carbonyl (C=O) groups excluding carboxylic acids is 1. The van der Waals surface area contributed by atoms with Crippen LogP contribution in [-0.2, 0) is 4.79 Å². The second kappa shape index (κ2) is 6.39. The maximum absolute atomic E-state index is 11.8. The van der Waals surface area contributed by atoms with Crippen molar-refractivity contribution in [2.75, 3.05) is 13.1 Å². The van der Waals surface area contributed by atoms with Crippen LogP contribution in [-0.4, -0.2) is 25.0 Å². The number of hydrogen-bond acceptors (Lipinski definition) is 2. The molecule has 1 rings (SSSR count). The summed E-state index contributed by atoms with van der Waals surface area (Å²) in [6.07, 6.45) is 4.98. The van der Waals surface area contributed by atoms with Crippen molar-refractivity contribution in [1.82, 2.24) is 10.6 Å². The van der Waals surface area contributed by atoms with Gasteiger partial charge in [0.2, 0.25) is 5.91 Å². The second-order valence-corrected chi connectivity index (χ2v) is 6.24. The average Bonchev–Trinajstić information content (AvgIpc) is 2.22. The minimum Gasteiger partial charge on any atom is -0.355 e. The normalized spacial score (nSPS) is 19.8. The Kier molecular flexibility index (Phi) is 5.44. The number of amides is 1. The highest BCUT2D eigenvalue weighted by Crippen LogP contribution is 2.39. The molecule has 0 aromatic carbocycles. The van der Waals surface area contributed by atoms with Crippen LogP contribution < -0.4 is 10.6 Å². The quantitative estimate of drug-likeness (QED) is 0.717. The predicted octanol–water partition coefficient (Wildman–Crippen LogP) is 2.32. The maximum atomic E-state index is 11.8. The average molecular weight is 240 g/mol. The van der Waals surface area contributed by atoms with Crippen molar-refractivity contribution in [3.05, 3.63) is 0 Å². The molecule has 3 heteroatoms. The van der Waals surface area contributed by atoms with E-state index < -0.39 is 0 Å². The monoisotopic (exact) mass is 240 g/mol. The highest BCUT2D eigenvalue weighted by atomic mass is 16.2. The van der Waals surface area contributed by atoms with Gasteiger partial charge in [-0.1, -0.05) is 27.2 Å². The van der Waals surface area contributed by atoms with Gasteiger partial charge in [0, 0.05) is 13.1 Å². The fraction of sp³-hybridized carbons (Fsp3) is 0.929. The molecule has 3 nitrogen and oxygen atoms in total. The van der Waals surface area contributed by atoms with Crippen LogP contribution in [0.4, 0.5) is 0 Å². The number of nitrogens with one attached hydrogen (secondary N) is 2. The van der Waals surface area contributed by atoms with Crippen LogP contribution in [0.3, 0.4) is 0 Å². The van der Waals surface area contributed by atoms with E-state index in [2.05, 4.69) is 31.4 Å². The summed E-state index contributed by atoms with van der Waals surface area (Å²) in [5.41, 5.74) is 0.437. The zero-order valence-electron chi connectivity index (χ0n) is 11.8. The van der Waals surface area contributed by atoms with E-state index in [4.69, 9.17) is 0 Å². The SMILES string of the molecule is CC(C)CCNC(=O)C(C)NCC1(C)CCC1. The molecule has 100 valence electrons. The molecule has 0 bridgehead atoms. The summed E-state index contributed by atoms with van der Waals surface area (Å²) in [7, 11) is 0. The Labute approximate surface area is 106 Å². The summed E-state index contributed by atoms with van der Waals surface area (Å²) in [4.78, 5) is 11.8. The lowest BCUT2D eigenvalue weighted by Gasteiger charge is -2.39. The summed E-state index contributed by atoms with van der Waals surface area (Å²) in [6, 6.07) is -0.0698. The van der Waals surface area contributed by atoms with Gasteiger partial charge in [-0.15, -0.1) is 0 Å². The number of hydrogen-bond donors (Lipinski definition) is 2. The van der Waals surface area contributed by atoms with E-state index in [-0.39, 0.29) is 11.9 Å². The molecule has 1 atom stereocenters. The lowest BCUT2D eigenvalue weighted by molar-refractivity contribution is -0.122. The second-order valence-electron chi connectivity index (χ2n) is 6.24. The van der Waals surface area contributed by atoms with Crippen LogP contribution in [0.2, 0.25) is 0 Å². The van der Waals surface area contributed by atoms with Gasteiger partial charge in [-0.25, -0.2) is 0 Å². The van der Waals surface area contributed by atoms with Crippen molar-refractivity contribution >= 4 is 5.91 Å². The zero-order chi connectivity index (χ0) is 12.9. The first-order valence-corrected chi connectivity index (χ1v) is 6.94. The van der Waals surface area contributed by atoms with Gasteiger partial charge < -0.3 is 10.6 Å². The van der Waals surface area contributed by atoms with Crippen LogP contribution in [0.25, 0.3) is 0 Å². The molecule has 0 aromatic rings.